The van der Waals surface area contributed by atoms with Crippen LogP contribution >= 0.6 is 7.60 Å². The van der Waals surface area contributed by atoms with Crippen LogP contribution in [0, 0.1) is 5.21 Å². The van der Waals surface area contributed by atoms with Crippen LogP contribution in [-0.4, -0.2) is 28.4 Å². The lowest BCUT2D eigenvalue weighted by Gasteiger charge is -2.21. The van der Waals surface area contributed by atoms with Crippen LogP contribution in [0.1, 0.15) is 47.5 Å². The zero-order valence-corrected chi connectivity index (χ0v) is 12.1. The quantitative estimate of drug-likeness (QED) is 0.434. The Labute approximate surface area is 103 Å². The second-order valence-electron chi connectivity index (χ2n) is 4.94. The van der Waals surface area contributed by atoms with Crippen molar-refractivity contribution in [2.45, 2.75) is 65.7 Å². The molecular weight excluding hydrogens is 241 g/mol. The van der Waals surface area contributed by atoms with Crippen LogP contribution in [-0.2, 0) is 13.6 Å². The van der Waals surface area contributed by atoms with Crippen LogP contribution in [0.3, 0.4) is 0 Å². The molecule has 1 aliphatic heterocycles. The second-order valence-corrected chi connectivity index (χ2v) is 6.87. The molecule has 1 rings (SSSR count). The van der Waals surface area contributed by atoms with Crippen molar-refractivity contribution in [2.75, 3.05) is 0 Å². The van der Waals surface area contributed by atoms with Gasteiger partial charge in [-0.25, -0.2) is 4.57 Å². The minimum atomic E-state index is -3.44. The van der Waals surface area contributed by atoms with Gasteiger partial charge >= 0.3 is 7.60 Å². The topological polar surface area (TPSA) is 61.6 Å². The third-order valence-corrected chi connectivity index (χ3v) is 4.91. The second kappa shape index (κ2) is 5.51. The van der Waals surface area contributed by atoms with E-state index in [0.717, 1.165) is 4.74 Å². The van der Waals surface area contributed by atoms with Crippen LogP contribution in [0.15, 0.2) is 0 Å². The van der Waals surface area contributed by atoms with Crippen LogP contribution < -0.4 is 0 Å². The lowest BCUT2D eigenvalue weighted by molar-refractivity contribution is -0.485. The molecule has 1 aliphatic rings. The first-order valence-electron chi connectivity index (χ1n) is 6.06. The predicted octanol–water partition coefficient (Wildman–Crippen LogP) is 3.12. The van der Waals surface area contributed by atoms with E-state index in [-0.39, 0.29) is 23.7 Å². The zero-order chi connectivity index (χ0) is 13.2. The zero-order valence-electron chi connectivity index (χ0n) is 11.2. The smallest absolute Gasteiger partial charge is 0.421 e. The van der Waals surface area contributed by atoms with Crippen molar-refractivity contribution >= 4 is 13.0 Å². The van der Waals surface area contributed by atoms with Crippen molar-refractivity contribution in [3.63, 3.8) is 0 Å². The standard InChI is InChI=1S/C11H22NO4P/c1-8(2)15-17(14,16-9(3)4)11-7-6-10(5)12(11)13/h8-10H,6-7H2,1-5H3. The third-order valence-electron chi connectivity index (χ3n) is 2.46. The van der Waals surface area contributed by atoms with Gasteiger partial charge in [-0.05, 0) is 34.6 Å². The first-order valence-corrected chi connectivity index (χ1v) is 7.60. The molecule has 0 radical (unpaired) electrons. The van der Waals surface area contributed by atoms with Crippen molar-refractivity contribution in [1.82, 2.24) is 0 Å². The third kappa shape index (κ3) is 3.54. The fourth-order valence-corrected chi connectivity index (χ4v) is 4.02. The van der Waals surface area contributed by atoms with Crippen molar-refractivity contribution in [3.8, 4) is 0 Å². The number of rotatable bonds is 5. The Morgan fingerprint density at radius 1 is 1.29 bits per heavy atom. The SMILES string of the molecule is CC(C)OP(=O)(OC(C)C)C1=[N+]([O-])C(C)CC1. The Morgan fingerprint density at radius 2 is 1.76 bits per heavy atom. The molecule has 0 amide bonds. The Hall–Kier alpha value is -0.380. The molecule has 0 saturated heterocycles. The maximum Gasteiger partial charge on any atom is 0.421 e. The average Bonchev–Trinajstić information content (AvgIpc) is 2.44. The van der Waals surface area contributed by atoms with Gasteiger partial charge in [0.1, 0.15) is 0 Å². The maximum absolute atomic E-state index is 12.7. The van der Waals surface area contributed by atoms with Gasteiger partial charge in [0, 0.05) is 12.8 Å². The van der Waals surface area contributed by atoms with E-state index in [1.807, 2.05) is 6.92 Å². The average molecular weight is 263 g/mol. The molecule has 0 saturated carbocycles. The summed E-state index contributed by atoms with van der Waals surface area (Å²) in [6.07, 6.45) is 0.709. The molecule has 0 aromatic rings. The minimum absolute atomic E-state index is 0.148. The van der Waals surface area contributed by atoms with Gasteiger partial charge in [0.2, 0.25) is 0 Å². The fourth-order valence-electron chi connectivity index (χ4n) is 1.78. The normalized spacial score (nSPS) is 21.9. The number of hydrogen-bond acceptors (Lipinski definition) is 4. The van der Waals surface area contributed by atoms with Crippen molar-refractivity contribution in [2.24, 2.45) is 0 Å². The van der Waals surface area contributed by atoms with E-state index in [0.29, 0.717) is 12.8 Å². The summed E-state index contributed by atoms with van der Waals surface area (Å²) in [4.78, 5) is 0. The van der Waals surface area contributed by atoms with E-state index in [2.05, 4.69) is 0 Å². The summed E-state index contributed by atoms with van der Waals surface area (Å²) in [5.74, 6) is 0. The predicted molar refractivity (Wildman–Crippen MR) is 67.4 cm³/mol. The largest absolute Gasteiger partial charge is 0.623 e. The van der Waals surface area contributed by atoms with E-state index in [1.54, 1.807) is 27.7 Å². The molecule has 1 atom stereocenters. The van der Waals surface area contributed by atoms with Crippen LogP contribution in [0.25, 0.3) is 0 Å². The molecule has 0 bridgehead atoms. The highest BCUT2D eigenvalue weighted by Gasteiger charge is 2.44. The molecular formula is C11H22NO4P. The molecule has 0 N–H and O–H groups in total. The molecule has 0 fully saturated rings. The molecule has 100 valence electrons. The van der Waals surface area contributed by atoms with E-state index in [4.69, 9.17) is 9.05 Å². The summed E-state index contributed by atoms with van der Waals surface area (Å²) in [6.45, 7) is 8.94. The van der Waals surface area contributed by atoms with Crippen LogP contribution in [0.5, 0.6) is 0 Å². The fraction of sp³-hybridized carbons (Fsp3) is 0.909. The highest BCUT2D eigenvalue weighted by molar-refractivity contribution is 7.71. The Balaban J connectivity index is 3.02. The van der Waals surface area contributed by atoms with Gasteiger partial charge < -0.3 is 5.21 Å². The molecule has 1 heterocycles. The Bertz CT molecular complexity index is 337. The molecule has 0 spiro atoms. The first-order chi connectivity index (χ1) is 7.76. The lowest BCUT2D eigenvalue weighted by atomic mass is 10.2. The summed E-state index contributed by atoms with van der Waals surface area (Å²) in [5.41, 5.74) is 0.271. The van der Waals surface area contributed by atoms with Gasteiger partial charge in [0.25, 0.3) is 5.45 Å². The van der Waals surface area contributed by atoms with Crippen LogP contribution in [0.4, 0.5) is 0 Å². The highest BCUT2D eigenvalue weighted by Crippen LogP contribution is 2.54. The van der Waals surface area contributed by atoms with Crippen LogP contribution in [0.2, 0.25) is 0 Å². The monoisotopic (exact) mass is 263 g/mol. The molecule has 6 heteroatoms. The molecule has 1 unspecified atom stereocenters. The van der Waals surface area contributed by atoms with Gasteiger partial charge in [0.05, 0.1) is 12.2 Å². The van der Waals surface area contributed by atoms with Crippen molar-refractivity contribution in [1.29, 1.82) is 0 Å². The van der Waals surface area contributed by atoms with Gasteiger partial charge in [-0.3, -0.25) is 9.05 Å². The molecule has 0 aromatic carbocycles. The van der Waals surface area contributed by atoms with E-state index in [9.17, 15) is 9.77 Å². The lowest BCUT2D eigenvalue weighted by Crippen LogP contribution is -2.20. The molecule has 0 aliphatic carbocycles. The van der Waals surface area contributed by atoms with Gasteiger partial charge in [-0.1, -0.05) is 0 Å². The summed E-state index contributed by atoms with van der Waals surface area (Å²) < 4.78 is 24.3. The van der Waals surface area contributed by atoms with E-state index < -0.39 is 7.60 Å². The van der Waals surface area contributed by atoms with Crippen molar-refractivity contribution in [3.05, 3.63) is 5.21 Å². The number of hydroxylamine groups is 1. The molecule has 5 nitrogen and oxygen atoms in total. The summed E-state index contributed by atoms with van der Waals surface area (Å²) in [7, 11) is -3.44. The van der Waals surface area contributed by atoms with E-state index in [1.165, 1.54) is 0 Å². The van der Waals surface area contributed by atoms with Gasteiger partial charge in [-0.2, -0.15) is 4.74 Å². The van der Waals surface area contributed by atoms with Gasteiger partial charge in [-0.15, -0.1) is 0 Å². The highest BCUT2D eigenvalue weighted by atomic mass is 31.2. The molecule has 17 heavy (non-hydrogen) atoms. The van der Waals surface area contributed by atoms with E-state index >= 15 is 0 Å². The molecule has 0 aromatic heterocycles. The Kier molecular flexibility index (Phi) is 4.76. The first kappa shape index (κ1) is 14.7. The van der Waals surface area contributed by atoms with Gasteiger partial charge in [0.15, 0.2) is 6.04 Å². The number of nitrogens with zero attached hydrogens (tertiary/aromatic N) is 1. The minimum Gasteiger partial charge on any atom is -0.623 e. The summed E-state index contributed by atoms with van der Waals surface area (Å²) >= 11 is 0. The Morgan fingerprint density at radius 3 is 2.06 bits per heavy atom. The maximum atomic E-state index is 12.7. The summed E-state index contributed by atoms with van der Waals surface area (Å²) in [6, 6.07) is -0.148. The summed E-state index contributed by atoms with van der Waals surface area (Å²) in [5, 5.41) is 11.9. The van der Waals surface area contributed by atoms with Crippen molar-refractivity contribution < 1.29 is 18.4 Å². The number of hydrogen-bond donors (Lipinski definition) is 0.